The summed E-state index contributed by atoms with van der Waals surface area (Å²) in [6.45, 7) is 6.06. The van der Waals surface area contributed by atoms with Gasteiger partial charge in [0.2, 0.25) is 16.5 Å². The van der Waals surface area contributed by atoms with Gasteiger partial charge in [0, 0.05) is 25.2 Å². The topological polar surface area (TPSA) is 45.2 Å². The molecule has 0 saturated carbocycles. The summed E-state index contributed by atoms with van der Waals surface area (Å²) in [6.07, 6.45) is 0. The lowest BCUT2D eigenvalue weighted by atomic mass is 10.1. The van der Waals surface area contributed by atoms with Gasteiger partial charge in [-0.05, 0) is 44.1 Å². The second kappa shape index (κ2) is 4.92. The lowest BCUT2D eigenvalue weighted by Gasteiger charge is -2.42. The molecule has 2 rings (SSSR count). The van der Waals surface area contributed by atoms with Gasteiger partial charge < -0.3 is 4.90 Å². The molecule has 1 aromatic rings. The van der Waals surface area contributed by atoms with Crippen molar-refractivity contribution in [1.82, 2.24) is 19.9 Å². The van der Waals surface area contributed by atoms with Crippen LogP contribution in [0.5, 0.6) is 0 Å². The molecule has 0 amide bonds. The maximum absolute atomic E-state index is 5.79. The van der Waals surface area contributed by atoms with Crippen molar-refractivity contribution in [1.29, 1.82) is 0 Å². The van der Waals surface area contributed by atoms with E-state index >= 15 is 0 Å². The van der Waals surface area contributed by atoms with Crippen LogP contribution in [0.15, 0.2) is 0 Å². The van der Waals surface area contributed by atoms with Crippen LogP contribution in [0.2, 0.25) is 10.6 Å². The molecule has 1 aliphatic rings. The van der Waals surface area contributed by atoms with Crippen LogP contribution >= 0.6 is 23.2 Å². The Kier molecular flexibility index (Phi) is 3.70. The van der Waals surface area contributed by atoms with E-state index in [1.807, 2.05) is 0 Å². The number of anilines is 1. The third-order valence-electron chi connectivity index (χ3n) is 3.21. The summed E-state index contributed by atoms with van der Waals surface area (Å²) >= 11 is 11.6. The molecular weight excluding hydrogens is 261 g/mol. The minimum absolute atomic E-state index is 0.138. The molecule has 0 N–H and O–H groups in total. The Balaban J connectivity index is 2.22. The highest BCUT2D eigenvalue weighted by Crippen LogP contribution is 2.20. The van der Waals surface area contributed by atoms with Gasteiger partial charge >= 0.3 is 0 Å². The van der Waals surface area contributed by atoms with Gasteiger partial charge in [0.1, 0.15) is 0 Å². The normalized spacial score (nSPS) is 26.3. The lowest BCUT2D eigenvalue weighted by Crippen LogP contribution is -2.55. The van der Waals surface area contributed by atoms with E-state index in [1.54, 1.807) is 0 Å². The number of rotatable bonds is 1. The van der Waals surface area contributed by atoms with Crippen molar-refractivity contribution in [2.24, 2.45) is 0 Å². The molecule has 0 bridgehead atoms. The van der Waals surface area contributed by atoms with Crippen molar-refractivity contribution in [2.45, 2.75) is 25.9 Å². The van der Waals surface area contributed by atoms with Crippen molar-refractivity contribution in [3.8, 4) is 0 Å². The van der Waals surface area contributed by atoms with E-state index in [0.717, 1.165) is 13.1 Å². The summed E-state index contributed by atoms with van der Waals surface area (Å²) in [5, 5.41) is 0.276. The van der Waals surface area contributed by atoms with E-state index in [4.69, 9.17) is 23.2 Å². The summed E-state index contributed by atoms with van der Waals surface area (Å²) in [4.78, 5) is 16.4. The molecule has 94 valence electrons. The van der Waals surface area contributed by atoms with Crippen molar-refractivity contribution in [3.63, 3.8) is 0 Å². The second-order valence-corrected chi connectivity index (χ2v) is 5.12. The molecule has 1 aliphatic heterocycles. The number of halogens is 2. The van der Waals surface area contributed by atoms with E-state index in [9.17, 15) is 0 Å². The molecule has 0 aromatic carbocycles. The van der Waals surface area contributed by atoms with E-state index in [1.165, 1.54) is 0 Å². The quantitative estimate of drug-likeness (QED) is 0.781. The molecule has 1 fully saturated rings. The maximum atomic E-state index is 5.79. The third-order valence-corrected chi connectivity index (χ3v) is 3.55. The Morgan fingerprint density at radius 1 is 1.00 bits per heavy atom. The standard InChI is InChI=1S/C10H15Cl2N5/c1-6-4-17(5-7(2)16(6)3)10-14-8(11)13-9(12)15-10/h6-7H,4-5H2,1-3H3. The Bertz CT molecular complexity index is 381. The van der Waals surface area contributed by atoms with Crippen LogP contribution in [0, 0.1) is 0 Å². The third kappa shape index (κ3) is 2.78. The van der Waals surface area contributed by atoms with Gasteiger partial charge in [-0.2, -0.15) is 15.0 Å². The molecular formula is C10H15Cl2N5. The number of nitrogens with zero attached hydrogens (tertiary/aromatic N) is 5. The molecule has 0 spiro atoms. The summed E-state index contributed by atoms with van der Waals surface area (Å²) < 4.78 is 0. The molecule has 0 radical (unpaired) electrons. The second-order valence-electron chi connectivity index (χ2n) is 4.44. The summed E-state index contributed by atoms with van der Waals surface area (Å²) in [7, 11) is 2.13. The van der Waals surface area contributed by atoms with Crippen LogP contribution in [-0.2, 0) is 0 Å². The van der Waals surface area contributed by atoms with Crippen molar-refractivity contribution in [2.75, 3.05) is 25.0 Å². The summed E-state index contributed by atoms with van der Waals surface area (Å²) in [5.41, 5.74) is 0. The zero-order valence-electron chi connectivity index (χ0n) is 10.1. The number of hydrogen-bond acceptors (Lipinski definition) is 5. The Labute approximate surface area is 111 Å². The van der Waals surface area contributed by atoms with Crippen molar-refractivity contribution >= 4 is 29.2 Å². The van der Waals surface area contributed by atoms with E-state index in [-0.39, 0.29) is 10.6 Å². The number of piperazine rings is 1. The Hall–Kier alpha value is -0.650. The monoisotopic (exact) mass is 275 g/mol. The van der Waals surface area contributed by atoms with Gasteiger partial charge in [0.15, 0.2) is 0 Å². The first-order chi connectivity index (χ1) is 7.97. The van der Waals surface area contributed by atoms with Crippen LogP contribution in [0.4, 0.5) is 5.95 Å². The van der Waals surface area contributed by atoms with Gasteiger partial charge in [0.25, 0.3) is 0 Å². The molecule has 2 unspecified atom stereocenters. The van der Waals surface area contributed by atoms with Gasteiger partial charge in [-0.1, -0.05) is 0 Å². The van der Waals surface area contributed by atoms with Crippen LogP contribution < -0.4 is 4.90 Å². The molecule has 1 saturated heterocycles. The van der Waals surface area contributed by atoms with Crippen LogP contribution in [-0.4, -0.2) is 52.1 Å². The largest absolute Gasteiger partial charge is 0.338 e. The predicted octanol–water partition coefficient (Wildman–Crippen LogP) is 1.71. The highest BCUT2D eigenvalue weighted by atomic mass is 35.5. The molecule has 5 nitrogen and oxygen atoms in total. The fourth-order valence-corrected chi connectivity index (χ4v) is 2.38. The average molecular weight is 276 g/mol. The van der Waals surface area contributed by atoms with Crippen LogP contribution in [0.25, 0.3) is 0 Å². The highest BCUT2D eigenvalue weighted by molar-refractivity contribution is 6.31. The van der Waals surface area contributed by atoms with Gasteiger partial charge in [-0.25, -0.2) is 0 Å². The van der Waals surface area contributed by atoms with Crippen molar-refractivity contribution < 1.29 is 0 Å². The number of hydrogen-bond donors (Lipinski definition) is 0. The Morgan fingerprint density at radius 2 is 1.47 bits per heavy atom. The highest BCUT2D eigenvalue weighted by Gasteiger charge is 2.28. The SMILES string of the molecule is CC1CN(c2nc(Cl)nc(Cl)n2)CC(C)N1C. The van der Waals surface area contributed by atoms with Crippen molar-refractivity contribution in [3.05, 3.63) is 10.6 Å². The fourth-order valence-electron chi connectivity index (χ4n) is 2.03. The summed E-state index contributed by atoms with van der Waals surface area (Å²) in [6, 6.07) is 0.876. The predicted molar refractivity (Wildman–Crippen MR) is 68.7 cm³/mol. The minimum Gasteiger partial charge on any atom is -0.338 e. The van der Waals surface area contributed by atoms with Gasteiger partial charge in [-0.3, -0.25) is 4.90 Å². The first-order valence-electron chi connectivity index (χ1n) is 5.51. The number of likely N-dealkylation sites (N-methyl/N-ethyl adjacent to an activating group) is 1. The molecule has 1 aromatic heterocycles. The molecule has 2 heterocycles. The zero-order chi connectivity index (χ0) is 12.6. The smallest absolute Gasteiger partial charge is 0.231 e. The first-order valence-corrected chi connectivity index (χ1v) is 6.27. The maximum Gasteiger partial charge on any atom is 0.231 e. The first kappa shape index (κ1) is 12.8. The minimum atomic E-state index is 0.138. The van der Waals surface area contributed by atoms with E-state index in [2.05, 4.69) is 45.6 Å². The van der Waals surface area contributed by atoms with Crippen LogP contribution in [0.3, 0.4) is 0 Å². The molecule has 0 aliphatic carbocycles. The van der Waals surface area contributed by atoms with Crippen LogP contribution in [0.1, 0.15) is 13.8 Å². The Morgan fingerprint density at radius 3 is 1.94 bits per heavy atom. The molecule has 2 atom stereocenters. The summed E-state index contributed by atoms with van der Waals surface area (Å²) in [5.74, 6) is 0.557. The van der Waals surface area contributed by atoms with Gasteiger partial charge in [0.05, 0.1) is 0 Å². The zero-order valence-corrected chi connectivity index (χ0v) is 11.6. The number of aromatic nitrogens is 3. The van der Waals surface area contributed by atoms with Gasteiger partial charge in [-0.15, -0.1) is 0 Å². The lowest BCUT2D eigenvalue weighted by molar-refractivity contribution is 0.169. The fraction of sp³-hybridized carbons (Fsp3) is 0.700. The molecule has 7 heteroatoms. The van der Waals surface area contributed by atoms with E-state index in [0.29, 0.717) is 18.0 Å². The van der Waals surface area contributed by atoms with E-state index < -0.39 is 0 Å². The average Bonchev–Trinajstić information content (AvgIpc) is 2.23. The molecule has 17 heavy (non-hydrogen) atoms.